The van der Waals surface area contributed by atoms with E-state index in [0.717, 1.165) is 0 Å². The predicted octanol–water partition coefficient (Wildman–Crippen LogP) is -0.351. The molecule has 0 aliphatic carbocycles. The van der Waals surface area contributed by atoms with Gasteiger partial charge in [-0.3, -0.25) is 4.79 Å². The number of aromatic nitrogens is 2. The standard InChI is InChI=1S/C11H18N4O3/c1-11(2,12)4-9(16)15-8(10(17)18)3-7-5-13-6-14-7/h5-6,8H,3-4,12H2,1-2H3,(H,13,14)(H,15,16)(H,17,18)/t8-/m1/s1. The molecular weight excluding hydrogens is 236 g/mol. The lowest BCUT2D eigenvalue weighted by atomic mass is 10.0. The second kappa shape index (κ2) is 5.63. The molecule has 1 atom stereocenters. The van der Waals surface area contributed by atoms with Gasteiger partial charge < -0.3 is 21.1 Å². The summed E-state index contributed by atoms with van der Waals surface area (Å²) in [6, 6.07) is -0.986. The lowest BCUT2D eigenvalue weighted by Gasteiger charge is -2.20. The molecule has 0 saturated heterocycles. The van der Waals surface area contributed by atoms with Gasteiger partial charge in [0.25, 0.3) is 0 Å². The van der Waals surface area contributed by atoms with Gasteiger partial charge in [-0.1, -0.05) is 0 Å². The van der Waals surface area contributed by atoms with Crippen molar-refractivity contribution < 1.29 is 14.7 Å². The van der Waals surface area contributed by atoms with Crippen LogP contribution in [0.5, 0.6) is 0 Å². The number of aliphatic carboxylic acids is 1. The summed E-state index contributed by atoms with van der Waals surface area (Å²) in [5, 5.41) is 11.5. The number of imidazole rings is 1. The van der Waals surface area contributed by atoms with Gasteiger partial charge in [0.2, 0.25) is 5.91 Å². The van der Waals surface area contributed by atoms with Crippen LogP contribution in [0.25, 0.3) is 0 Å². The topological polar surface area (TPSA) is 121 Å². The van der Waals surface area contributed by atoms with Gasteiger partial charge >= 0.3 is 5.97 Å². The van der Waals surface area contributed by atoms with E-state index < -0.39 is 17.6 Å². The number of carbonyl (C=O) groups excluding carboxylic acids is 1. The van der Waals surface area contributed by atoms with E-state index in [2.05, 4.69) is 15.3 Å². The maximum atomic E-state index is 11.6. The maximum Gasteiger partial charge on any atom is 0.326 e. The van der Waals surface area contributed by atoms with Crippen molar-refractivity contribution in [3.05, 3.63) is 18.2 Å². The van der Waals surface area contributed by atoms with Crippen molar-refractivity contribution in [1.29, 1.82) is 0 Å². The number of amides is 1. The highest BCUT2D eigenvalue weighted by atomic mass is 16.4. The monoisotopic (exact) mass is 254 g/mol. The van der Waals surface area contributed by atoms with Gasteiger partial charge in [-0.25, -0.2) is 9.78 Å². The quantitative estimate of drug-likeness (QED) is 0.553. The Morgan fingerprint density at radius 1 is 1.61 bits per heavy atom. The fourth-order valence-corrected chi connectivity index (χ4v) is 1.48. The first kappa shape index (κ1) is 14.2. The SMILES string of the molecule is CC(C)(N)CC(=O)N[C@H](Cc1cnc[nH]1)C(=O)O. The first-order valence-electron chi connectivity index (χ1n) is 5.56. The average Bonchev–Trinajstić information content (AvgIpc) is 2.66. The highest BCUT2D eigenvalue weighted by Gasteiger charge is 2.23. The first-order chi connectivity index (χ1) is 8.28. The molecule has 1 heterocycles. The number of nitrogens with one attached hydrogen (secondary N) is 2. The molecule has 18 heavy (non-hydrogen) atoms. The number of H-pyrrole nitrogens is 1. The van der Waals surface area contributed by atoms with Crippen molar-refractivity contribution in [2.75, 3.05) is 0 Å². The van der Waals surface area contributed by atoms with Crippen LogP contribution in [0.4, 0.5) is 0 Å². The number of carboxylic acid groups (broad SMARTS) is 1. The number of nitrogens with two attached hydrogens (primary N) is 1. The Kier molecular flexibility index (Phi) is 4.43. The summed E-state index contributed by atoms with van der Waals surface area (Å²) in [5.74, 6) is -1.47. The zero-order valence-electron chi connectivity index (χ0n) is 10.4. The number of carbonyl (C=O) groups is 2. The molecule has 0 unspecified atom stereocenters. The summed E-state index contributed by atoms with van der Waals surface area (Å²) >= 11 is 0. The molecule has 100 valence electrons. The number of hydrogen-bond acceptors (Lipinski definition) is 4. The molecule has 7 heteroatoms. The summed E-state index contributed by atoms with van der Waals surface area (Å²) in [6.45, 7) is 3.41. The van der Waals surface area contributed by atoms with E-state index in [1.54, 1.807) is 13.8 Å². The van der Waals surface area contributed by atoms with Crippen LogP contribution in [-0.2, 0) is 16.0 Å². The van der Waals surface area contributed by atoms with Crippen molar-refractivity contribution in [2.45, 2.75) is 38.3 Å². The van der Waals surface area contributed by atoms with Crippen LogP contribution in [0.2, 0.25) is 0 Å². The van der Waals surface area contributed by atoms with Gasteiger partial charge in [-0.15, -0.1) is 0 Å². The van der Waals surface area contributed by atoms with Crippen LogP contribution in [0.15, 0.2) is 12.5 Å². The van der Waals surface area contributed by atoms with Gasteiger partial charge in [0.05, 0.1) is 6.33 Å². The molecule has 0 bridgehead atoms. The van der Waals surface area contributed by atoms with E-state index in [9.17, 15) is 9.59 Å². The largest absolute Gasteiger partial charge is 0.480 e. The number of aromatic amines is 1. The molecule has 0 fully saturated rings. The normalized spacial score (nSPS) is 13.1. The van der Waals surface area contributed by atoms with E-state index >= 15 is 0 Å². The van der Waals surface area contributed by atoms with Gasteiger partial charge in [0.15, 0.2) is 0 Å². The third-order valence-corrected chi connectivity index (χ3v) is 2.23. The van der Waals surface area contributed by atoms with Crippen molar-refractivity contribution in [2.24, 2.45) is 5.73 Å². The molecule has 1 aromatic rings. The number of rotatable bonds is 6. The third kappa shape index (κ3) is 4.96. The Hall–Kier alpha value is -1.89. The highest BCUT2D eigenvalue weighted by Crippen LogP contribution is 2.05. The van der Waals surface area contributed by atoms with E-state index in [1.165, 1.54) is 12.5 Å². The van der Waals surface area contributed by atoms with Gasteiger partial charge in [0, 0.05) is 30.3 Å². The zero-order valence-corrected chi connectivity index (χ0v) is 10.4. The predicted molar refractivity (Wildman–Crippen MR) is 64.7 cm³/mol. The summed E-state index contributed by atoms with van der Waals surface area (Å²) in [6.07, 6.45) is 3.21. The van der Waals surface area contributed by atoms with E-state index in [1.807, 2.05) is 0 Å². The average molecular weight is 254 g/mol. The van der Waals surface area contributed by atoms with Crippen molar-refractivity contribution in [1.82, 2.24) is 15.3 Å². The molecule has 1 amide bonds. The Morgan fingerprint density at radius 2 is 2.28 bits per heavy atom. The lowest BCUT2D eigenvalue weighted by Crippen LogP contribution is -2.46. The highest BCUT2D eigenvalue weighted by molar-refractivity contribution is 5.84. The number of carboxylic acids is 1. The molecule has 0 radical (unpaired) electrons. The van der Waals surface area contributed by atoms with Crippen LogP contribution in [0.1, 0.15) is 26.0 Å². The summed E-state index contributed by atoms with van der Waals surface area (Å²) in [7, 11) is 0. The maximum absolute atomic E-state index is 11.6. The zero-order chi connectivity index (χ0) is 13.8. The van der Waals surface area contributed by atoms with E-state index in [4.69, 9.17) is 10.8 Å². The molecule has 0 saturated carbocycles. The molecule has 0 spiro atoms. The molecule has 0 aliphatic rings. The van der Waals surface area contributed by atoms with Crippen LogP contribution >= 0.6 is 0 Å². The second-order valence-electron chi connectivity index (χ2n) is 4.90. The van der Waals surface area contributed by atoms with E-state index in [-0.39, 0.29) is 18.7 Å². The molecule has 1 rings (SSSR count). The molecule has 1 aromatic heterocycles. The van der Waals surface area contributed by atoms with Crippen LogP contribution < -0.4 is 11.1 Å². The summed E-state index contributed by atoms with van der Waals surface area (Å²) in [5.41, 5.74) is 5.68. The van der Waals surface area contributed by atoms with Gasteiger partial charge in [-0.2, -0.15) is 0 Å². The fourth-order valence-electron chi connectivity index (χ4n) is 1.48. The minimum absolute atomic E-state index is 0.0692. The molecule has 7 nitrogen and oxygen atoms in total. The Balaban J connectivity index is 2.58. The van der Waals surface area contributed by atoms with Crippen molar-refractivity contribution in [3.63, 3.8) is 0 Å². The molecule has 0 aromatic carbocycles. The minimum Gasteiger partial charge on any atom is -0.480 e. The third-order valence-electron chi connectivity index (χ3n) is 2.23. The van der Waals surface area contributed by atoms with Crippen molar-refractivity contribution in [3.8, 4) is 0 Å². The van der Waals surface area contributed by atoms with Crippen molar-refractivity contribution >= 4 is 11.9 Å². The molecule has 0 aliphatic heterocycles. The van der Waals surface area contributed by atoms with Crippen LogP contribution in [-0.4, -0.2) is 38.5 Å². The number of hydrogen-bond donors (Lipinski definition) is 4. The second-order valence-corrected chi connectivity index (χ2v) is 4.90. The Labute approximate surface area is 105 Å². The smallest absolute Gasteiger partial charge is 0.326 e. The van der Waals surface area contributed by atoms with Gasteiger partial charge in [0.1, 0.15) is 6.04 Å². The van der Waals surface area contributed by atoms with Gasteiger partial charge in [-0.05, 0) is 13.8 Å². The summed E-state index contributed by atoms with van der Waals surface area (Å²) in [4.78, 5) is 29.3. The van der Waals surface area contributed by atoms with E-state index in [0.29, 0.717) is 5.69 Å². The van der Waals surface area contributed by atoms with Crippen LogP contribution in [0.3, 0.4) is 0 Å². The first-order valence-corrected chi connectivity index (χ1v) is 5.56. The fraction of sp³-hybridized carbons (Fsp3) is 0.545. The lowest BCUT2D eigenvalue weighted by molar-refractivity contribution is -0.142. The minimum atomic E-state index is -1.09. The Morgan fingerprint density at radius 3 is 2.72 bits per heavy atom. The van der Waals surface area contributed by atoms with Crippen LogP contribution in [0, 0.1) is 0 Å². The Bertz CT molecular complexity index is 408. The number of nitrogens with zero attached hydrogens (tertiary/aromatic N) is 1. The summed E-state index contributed by atoms with van der Waals surface area (Å²) < 4.78 is 0. The molecule has 5 N–H and O–H groups in total. The molecular formula is C11H18N4O3.